The van der Waals surface area contributed by atoms with Gasteiger partial charge in [-0.05, 0) is 44.0 Å². The van der Waals surface area contributed by atoms with Gasteiger partial charge in [0.25, 0.3) is 0 Å². The van der Waals surface area contributed by atoms with Crippen LogP contribution in [-0.2, 0) is 14.4 Å². The quantitative estimate of drug-likeness (QED) is 0.166. The molecule has 4 aromatic rings. The van der Waals surface area contributed by atoms with E-state index >= 15 is 0 Å². The summed E-state index contributed by atoms with van der Waals surface area (Å²) in [5, 5.41) is 12.5. The van der Waals surface area contributed by atoms with E-state index in [9.17, 15) is 9.18 Å². The number of carbonyl (C=O) groups excluding carboxylic acids is 1. The molecule has 0 unspecified atom stereocenters. The van der Waals surface area contributed by atoms with Crippen LogP contribution in [0.25, 0.3) is 16.9 Å². The van der Waals surface area contributed by atoms with Gasteiger partial charge < -0.3 is 15.4 Å². The highest BCUT2D eigenvalue weighted by atomic mass is 19.1. The molecule has 4 heterocycles. The summed E-state index contributed by atoms with van der Waals surface area (Å²) in [4.78, 5) is 27.7. The van der Waals surface area contributed by atoms with Crippen LogP contribution in [0.5, 0.6) is 0 Å². The fourth-order valence-corrected chi connectivity index (χ4v) is 4.27. The molecule has 2 aliphatic rings. The highest BCUT2D eigenvalue weighted by Gasteiger charge is 2.26. The Balaban J connectivity index is 0.000000210. The Bertz CT molecular complexity index is 1410. The summed E-state index contributed by atoms with van der Waals surface area (Å²) < 4.78 is 18.6. The molecule has 2 fully saturated rings. The first-order valence-corrected chi connectivity index (χ1v) is 14.2. The van der Waals surface area contributed by atoms with Crippen LogP contribution in [0.15, 0.2) is 67.1 Å². The SMILES string of the molecule is C#C.CNc1c(C)c(-c2cnc(C3CC3)nc2)nn1-c1ccccc1.COCCN1C[C@@H](NC=O)CO1.Fc1ccccn1. The Kier molecular flexibility index (Phi) is 13.9. The van der Waals surface area contributed by atoms with Gasteiger partial charge in [-0.3, -0.25) is 9.63 Å². The number of terminal acetylenes is 1. The molecule has 1 aliphatic heterocycles. The Morgan fingerprint density at radius 3 is 2.34 bits per heavy atom. The second-order valence-electron chi connectivity index (χ2n) is 9.73. The molecule has 1 aliphatic carbocycles. The summed E-state index contributed by atoms with van der Waals surface area (Å²) in [6.07, 6.45) is 16.3. The van der Waals surface area contributed by atoms with E-state index in [2.05, 4.69) is 45.4 Å². The van der Waals surface area contributed by atoms with E-state index in [0.717, 1.165) is 47.2 Å². The largest absolute Gasteiger partial charge is 0.383 e. The molecule has 12 heteroatoms. The first kappa shape index (κ1) is 33.8. The minimum atomic E-state index is -0.428. The highest BCUT2D eigenvalue weighted by molar-refractivity contribution is 5.69. The summed E-state index contributed by atoms with van der Waals surface area (Å²) in [6.45, 7) is 4.76. The smallest absolute Gasteiger partial charge is 0.212 e. The second kappa shape index (κ2) is 18.1. The Morgan fingerprint density at radius 2 is 1.80 bits per heavy atom. The van der Waals surface area contributed by atoms with E-state index in [1.807, 2.05) is 54.5 Å². The van der Waals surface area contributed by atoms with Crippen LogP contribution in [0.4, 0.5) is 10.2 Å². The predicted molar refractivity (Wildman–Crippen MR) is 167 cm³/mol. The average molecular weight is 603 g/mol. The molecule has 1 saturated carbocycles. The van der Waals surface area contributed by atoms with E-state index < -0.39 is 5.95 Å². The van der Waals surface area contributed by atoms with Crippen LogP contribution in [0.3, 0.4) is 0 Å². The van der Waals surface area contributed by atoms with Gasteiger partial charge in [-0.2, -0.15) is 14.6 Å². The van der Waals surface area contributed by atoms with Crippen molar-refractivity contribution in [2.75, 3.05) is 45.8 Å². The monoisotopic (exact) mass is 602 g/mol. The maximum atomic E-state index is 11.8. The van der Waals surface area contributed by atoms with Gasteiger partial charge in [0.2, 0.25) is 12.4 Å². The number of para-hydroxylation sites is 1. The summed E-state index contributed by atoms with van der Waals surface area (Å²) in [5.74, 6) is 2.09. The van der Waals surface area contributed by atoms with Gasteiger partial charge in [0.15, 0.2) is 0 Å². The summed E-state index contributed by atoms with van der Waals surface area (Å²) in [5.41, 5.74) is 4.00. The molecular weight excluding hydrogens is 563 g/mol. The van der Waals surface area contributed by atoms with Gasteiger partial charge in [0, 0.05) is 62.9 Å². The molecule has 0 bridgehead atoms. The third kappa shape index (κ3) is 9.95. The average Bonchev–Trinajstić information content (AvgIpc) is 3.74. The molecule has 1 amide bonds. The first-order valence-electron chi connectivity index (χ1n) is 14.2. The zero-order chi connectivity index (χ0) is 31.7. The highest BCUT2D eigenvalue weighted by Crippen LogP contribution is 2.38. The van der Waals surface area contributed by atoms with Gasteiger partial charge in [-0.25, -0.2) is 19.6 Å². The number of anilines is 1. The maximum Gasteiger partial charge on any atom is 0.212 e. The standard InChI is InChI=1S/C18H19N5.C7H14N2O3.C5H4FN.C2H2/c1-12-16(14-10-20-17(21-11-14)13-8-9-13)22-23(18(12)19-2)15-6-4-3-5-7-15;1-11-3-2-9-4-7(5-12-9)8-6-10;6-5-3-1-2-4-7-5;1-2/h3-7,10-11,13,19H,8-9H2,1-2H3;6-7H,2-5H2,1H3,(H,8,10);1-4H;1-2H/t;7-;;/m.1../s1. The molecular formula is C32H39FN8O3. The van der Waals surface area contributed by atoms with Gasteiger partial charge in [0.1, 0.15) is 17.3 Å². The lowest BCUT2D eigenvalue weighted by molar-refractivity contribution is -0.118. The number of methoxy groups -OCH3 is 1. The van der Waals surface area contributed by atoms with Crippen molar-refractivity contribution in [3.8, 4) is 29.8 Å². The fraction of sp³-hybridized carbons (Fsp3) is 0.344. The third-order valence-corrected chi connectivity index (χ3v) is 6.61. The van der Waals surface area contributed by atoms with Crippen molar-refractivity contribution in [1.29, 1.82) is 0 Å². The minimum Gasteiger partial charge on any atom is -0.383 e. The van der Waals surface area contributed by atoms with Crippen LogP contribution < -0.4 is 10.6 Å². The molecule has 11 nitrogen and oxygen atoms in total. The molecule has 44 heavy (non-hydrogen) atoms. The summed E-state index contributed by atoms with van der Waals surface area (Å²) >= 11 is 0. The molecule has 3 aromatic heterocycles. The molecule has 6 rings (SSSR count). The third-order valence-electron chi connectivity index (χ3n) is 6.61. The maximum absolute atomic E-state index is 11.8. The molecule has 232 valence electrons. The number of carbonyl (C=O) groups is 1. The minimum absolute atomic E-state index is 0.124. The number of ether oxygens (including phenoxy) is 1. The van der Waals surface area contributed by atoms with Crippen LogP contribution in [0.1, 0.15) is 30.1 Å². The zero-order valence-electron chi connectivity index (χ0n) is 25.3. The number of aromatic nitrogens is 5. The van der Waals surface area contributed by atoms with Crippen molar-refractivity contribution in [1.82, 2.24) is 35.1 Å². The molecule has 2 N–H and O–H groups in total. The van der Waals surface area contributed by atoms with Gasteiger partial charge >= 0.3 is 0 Å². The number of rotatable bonds is 9. The first-order chi connectivity index (χ1) is 21.5. The normalized spacial score (nSPS) is 15.4. The fourth-order valence-electron chi connectivity index (χ4n) is 4.27. The number of nitrogens with one attached hydrogen (secondary N) is 2. The Morgan fingerprint density at radius 1 is 1.09 bits per heavy atom. The van der Waals surface area contributed by atoms with Crippen molar-refractivity contribution in [2.45, 2.75) is 31.7 Å². The van der Waals surface area contributed by atoms with Crippen molar-refractivity contribution in [3.63, 3.8) is 0 Å². The topological polar surface area (TPSA) is 119 Å². The van der Waals surface area contributed by atoms with E-state index in [1.165, 1.54) is 25.1 Å². The number of pyridine rings is 1. The number of halogens is 1. The molecule has 0 radical (unpaired) electrons. The Labute approximate surface area is 257 Å². The lowest BCUT2D eigenvalue weighted by Crippen LogP contribution is -2.33. The predicted octanol–water partition coefficient (Wildman–Crippen LogP) is 4.02. The lowest BCUT2D eigenvalue weighted by atomic mass is 10.1. The van der Waals surface area contributed by atoms with Crippen LogP contribution >= 0.6 is 0 Å². The van der Waals surface area contributed by atoms with Gasteiger partial charge in [-0.15, -0.1) is 12.8 Å². The number of hydroxylamine groups is 2. The van der Waals surface area contributed by atoms with Gasteiger partial charge in [-0.1, -0.05) is 24.3 Å². The molecule has 1 aromatic carbocycles. The number of benzene rings is 1. The van der Waals surface area contributed by atoms with Crippen molar-refractivity contribution < 1.29 is 18.8 Å². The number of nitrogens with zero attached hydrogens (tertiary/aromatic N) is 6. The van der Waals surface area contributed by atoms with Gasteiger partial charge in [0.05, 0.1) is 24.9 Å². The van der Waals surface area contributed by atoms with E-state index in [1.54, 1.807) is 24.3 Å². The number of hydrogen-bond acceptors (Lipinski definition) is 9. The molecule has 0 spiro atoms. The summed E-state index contributed by atoms with van der Waals surface area (Å²) in [7, 11) is 3.57. The molecule has 1 atom stereocenters. The Hall–Kier alpha value is -4.70. The number of amides is 1. The van der Waals surface area contributed by atoms with Crippen molar-refractivity contribution in [2.24, 2.45) is 0 Å². The van der Waals surface area contributed by atoms with Crippen LogP contribution in [-0.4, -0.2) is 82.7 Å². The van der Waals surface area contributed by atoms with Crippen LogP contribution in [0, 0.1) is 25.7 Å². The van der Waals surface area contributed by atoms with Crippen LogP contribution in [0.2, 0.25) is 0 Å². The van der Waals surface area contributed by atoms with Crippen molar-refractivity contribution in [3.05, 3.63) is 84.5 Å². The van der Waals surface area contributed by atoms with E-state index in [-0.39, 0.29) is 6.04 Å². The second-order valence-corrected chi connectivity index (χ2v) is 9.73. The lowest BCUT2D eigenvalue weighted by Gasteiger charge is -2.12. The van der Waals surface area contributed by atoms with Crippen molar-refractivity contribution >= 4 is 12.2 Å². The molecule has 1 saturated heterocycles. The zero-order valence-corrected chi connectivity index (χ0v) is 25.3. The van der Waals surface area contributed by atoms with E-state index in [0.29, 0.717) is 25.5 Å². The van der Waals surface area contributed by atoms with E-state index in [4.69, 9.17) is 14.7 Å². The number of hydrogen-bond donors (Lipinski definition) is 2. The summed E-state index contributed by atoms with van der Waals surface area (Å²) in [6, 6.07) is 14.8.